The van der Waals surface area contributed by atoms with Crippen LogP contribution in [0.1, 0.15) is 78.5 Å². The van der Waals surface area contributed by atoms with E-state index in [1.54, 1.807) is 0 Å². The minimum Gasteiger partial charge on any atom is -0.331 e. The molecule has 0 saturated carbocycles. The fourth-order valence-corrected chi connectivity index (χ4v) is 2.23. The first-order valence-electron chi connectivity index (χ1n) is 7.69. The molecule has 0 saturated heterocycles. The highest BCUT2D eigenvalue weighted by Crippen LogP contribution is 2.18. The van der Waals surface area contributed by atoms with Gasteiger partial charge in [0.05, 0.1) is 12.0 Å². The van der Waals surface area contributed by atoms with Gasteiger partial charge in [0.25, 0.3) is 0 Å². The number of nitrogens with zero attached hydrogens (tertiary/aromatic N) is 2. The maximum absolute atomic E-state index is 4.31. The molecule has 1 unspecified atom stereocenters. The molecular formula is C16H31N3. The molecule has 19 heavy (non-hydrogen) atoms. The summed E-state index contributed by atoms with van der Waals surface area (Å²) in [7, 11) is 0. The van der Waals surface area contributed by atoms with Gasteiger partial charge >= 0.3 is 0 Å². The van der Waals surface area contributed by atoms with Gasteiger partial charge < -0.3 is 9.88 Å². The molecule has 1 rings (SSSR count). The van der Waals surface area contributed by atoms with Crippen LogP contribution in [-0.2, 0) is 6.54 Å². The smallest absolute Gasteiger partial charge is 0.0951 e. The van der Waals surface area contributed by atoms with E-state index in [2.05, 4.69) is 49.5 Å². The van der Waals surface area contributed by atoms with Crippen LogP contribution in [0.25, 0.3) is 0 Å². The van der Waals surface area contributed by atoms with E-state index < -0.39 is 0 Å². The Balaban J connectivity index is 2.46. The molecule has 110 valence electrons. The molecule has 0 spiro atoms. The average Bonchev–Trinajstić information content (AvgIpc) is 2.79. The maximum atomic E-state index is 4.31. The minimum absolute atomic E-state index is 0.152. The van der Waals surface area contributed by atoms with Crippen LogP contribution >= 0.6 is 0 Å². The fraction of sp³-hybridized carbons (Fsp3) is 0.812. The number of imidazole rings is 1. The molecule has 0 radical (unpaired) electrons. The summed E-state index contributed by atoms with van der Waals surface area (Å²) in [5, 5.41) is 3.54. The number of hydrogen-bond donors (Lipinski definition) is 1. The average molecular weight is 265 g/mol. The van der Waals surface area contributed by atoms with Crippen molar-refractivity contribution in [3.63, 3.8) is 0 Å². The van der Waals surface area contributed by atoms with Crippen molar-refractivity contribution in [3.05, 3.63) is 18.2 Å². The van der Waals surface area contributed by atoms with E-state index in [1.165, 1.54) is 37.8 Å². The second kappa shape index (κ2) is 7.68. The SMILES string of the molecule is CCCCCCC(C)n1cncc1CNC(C)(C)C. The third-order valence-corrected chi connectivity index (χ3v) is 3.50. The number of rotatable bonds is 8. The Morgan fingerprint density at radius 3 is 2.63 bits per heavy atom. The van der Waals surface area contributed by atoms with E-state index in [0.29, 0.717) is 6.04 Å². The molecular weight excluding hydrogens is 234 g/mol. The van der Waals surface area contributed by atoms with E-state index in [0.717, 1.165) is 6.54 Å². The first-order chi connectivity index (χ1) is 8.94. The molecule has 3 heteroatoms. The Labute approximate surface area is 118 Å². The highest BCUT2D eigenvalue weighted by Gasteiger charge is 2.13. The van der Waals surface area contributed by atoms with Gasteiger partial charge in [-0.05, 0) is 34.1 Å². The third kappa shape index (κ3) is 6.24. The summed E-state index contributed by atoms with van der Waals surface area (Å²) in [5.41, 5.74) is 1.44. The lowest BCUT2D eigenvalue weighted by molar-refractivity contribution is 0.401. The number of unbranched alkanes of at least 4 members (excludes halogenated alkanes) is 3. The summed E-state index contributed by atoms with van der Waals surface area (Å²) in [6.45, 7) is 12.0. The molecule has 1 N–H and O–H groups in total. The van der Waals surface area contributed by atoms with Gasteiger partial charge in [-0.3, -0.25) is 0 Å². The first kappa shape index (κ1) is 16.2. The second-order valence-electron chi connectivity index (χ2n) is 6.59. The van der Waals surface area contributed by atoms with Crippen molar-refractivity contribution in [3.8, 4) is 0 Å². The predicted molar refractivity (Wildman–Crippen MR) is 82.3 cm³/mol. The Bertz CT molecular complexity index is 349. The predicted octanol–water partition coefficient (Wildman–Crippen LogP) is 4.30. The van der Waals surface area contributed by atoms with Gasteiger partial charge in [0.15, 0.2) is 0 Å². The van der Waals surface area contributed by atoms with E-state index >= 15 is 0 Å². The van der Waals surface area contributed by atoms with Crippen LogP contribution in [0.15, 0.2) is 12.5 Å². The lowest BCUT2D eigenvalue weighted by Crippen LogP contribution is -2.35. The van der Waals surface area contributed by atoms with E-state index in [-0.39, 0.29) is 5.54 Å². The Morgan fingerprint density at radius 1 is 1.26 bits per heavy atom. The number of hydrogen-bond acceptors (Lipinski definition) is 2. The van der Waals surface area contributed by atoms with E-state index in [4.69, 9.17) is 0 Å². The van der Waals surface area contributed by atoms with Crippen LogP contribution in [0.4, 0.5) is 0 Å². The standard InChI is InChI=1S/C16H31N3/c1-6-7-8-9-10-14(2)19-13-17-11-15(19)12-18-16(3,4)5/h11,13-14,18H,6-10,12H2,1-5H3. The zero-order valence-electron chi connectivity index (χ0n) is 13.4. The van der Waals surface area contributed by atoms with Crippen molar-refractivity contribution in [2.75, 3.05) is 0 Å². The number of aromatic nitrogens is 2. The normalized spacial score (nSPS) is 13.7. The molecule has 0 aromatic carbocycles. The monoisotopic (exact) mass is 265 g/mol. The molecule has 0 aliphatic heterocycles. The van der Waals surface area contributed by atoms with Crippen LogP contribution in [-0.4, -0.2) is 15.1 Å². The zero-order valence-corrected chi connectivity index (χ0v) is 13.4. The molecule has 0 fully saturated rings. The van der Waals surface area contributed by atoms with Crippen LogP contribution in [0.3, 0.4) is 0 Å². The van der Waals surface area contributed by atoms with Crippen LogP contribution in [0.2, 0.25) is 0 Å². The summed E-state index contributed by atoms with van der Waals surface area (Å²) >= 11 is 0. The largest absolute Gasteiger partial charge is 0.331 e. The van der Waals surface area contributed by atoms with Gasteiger partial charge in [-0.25, -0.2) is 4.98 Å². The Kier molecular flexibility index (Phi) is 6.56. The quantitative estimate of drug-likeness (QED) is 0.710. The van der Waals surface area contributed by atoms with Crippen molar-refractivity contribution in [2.45, 2.75) is 84.8 Å². The molecule has 1 atom stereocenters. The third-order valence-electron chi connectivity index (χ3n) is 3.50. The molecule has 1 aromatic rings. The molecule has 1 aromatic heterocycles. The van der Waals surface area contributed by atoms with Crippen molar-refractivity contribution >= 4 is 0 Å². The van der Waals surface area contributed by atoms with Gasteiger partial charge in [-0.1, -0.05) is 32.6 Å². The molecule has 0 bridgehead atoms. The van der Waals surface area contributed by atoms with Crippen molar-refractivity contribution in [1.82, 2.24) is 14.9 Å². The van der Waals surface area contributed by atoms with Gasteiger partial charge in [-0.15, -0.1) is 0 Å². The lowest BCUT2D eigenvalue weighted by atomic mass is 10.1. The van der Waals surface area contributed by atoms with Crippen LogP contribution in [0.5, 0.6) is 0 Å². The van der Waals surface area contributed by atoms with Gasteiger partial charge in [0.1, 0.15) is 0 Å². The molecule has 0 amide bonds. The van der Waals surface area contributed by atoms with E-state index in [9.17, 15) is 0 Å². The number of nitrogens with one attached hydrogen (secondary N) is 1. The highest BCUT2D eigenvalue weighted by molar-refractivity contribution is 5.00. The molecule has 1 heterocycles. The molecule has 0 aliphatic rings. The van der Waals surface area contributed by atoms with Crippen molar-refractivity contribution in [2.24, 2.45) is 0 Å². The van der Waals surface area contributed by atoms with Gasteiger partial charge in [-0.2, -0.15) is 0 Å². The summed E-state index contributed by atoms with van der Waals surface area (Å²) in [4.78, 5) is 4.31. The van der Waals surface area contributed by atoms with Crippen molar-refractivity contribution < 1.29 is 0 Å². The first-order valence-corrected chi connectivity index (χ1v) is 7.69. The Hall–Kier alpha value is -0.830. The lowest BCUT2D eigenvalue weighted by Gasteiger charge is -2.22. The van der Waals surface area contributed by atoms with Gasteiger partial charge in [0, 0.05) is 24.3 Å². The van der Waals surface area contributed by atoms with E-state index in [1.807, 2.05) is 12.5 Å². The highest BCUT2D eigenvalue weighted by atomic mass is 15.1. The maximum Gasteiger partial charge on any atom is 0.0951 e. The van der Waals surface area contributed by atoms with Crippen molar-refractivity contribution in [1.29, 1.82) is 0 Å². The zero-order chi connectivity index (χ0) is 14.3. The molecule has 0 aliphatic carbocycles. The topological polar surface area (TPSA) is 29.9 Å². The summed E-state index contributed by atoms with van der Waals surface area (Å²) < 4.78 is 2.32. The summed E-state index contributed by atoms with van der Waals surface area (Å²) in [5.74, 6) is 0. The molecule has 3 nitrogen and oxygen atoms in total. The van der Waals surface area contributed by atoms with Crippen LogP contribution in [0, 0.1) is 0 Å². The summed E-state index contributed by atoms with van der Waals surface area (Å²) in [6.07, 6.45) is 10.5. The van der Waals surface area contributed by atoms with Crippen LogP contribution < -0.4 is 5.32 Å². The minimum atomic E-state index is 0.152. The fourth-order valence-electron chi connectivity index (χ4n) is 2.23. The second-order valence-corrected chi connectivity index (χ2v) is 6.59. The summed E-state index contributed by atoms with van der Waals surface area (Å²) in [6, 6.07) is 0.552. The Morgan fingerprint density at radius 2 is 2.00 bits per heavy atom. The van der Waals surface area contributed by atoms with Gasteiger partial charge in [0.2, 0.25) is 0 Å².